The highest BCUT2D eigenvalue weighted by molar-refractivity contribution is 5.80. The van der Waals surface area contributed by atoms with Gasteiger partial charge in [0.1, 0.15) is 11.6 Å². The van der Waals surface area contributed by atoms with Crippen LogP contribution < -0.4 is 4.74 Å². The van der Waals surface area contributed by atoms with Gasteiger partial charge in [0.15, 0.2) is 17.9 Å². The second-order valence-corrected chi connectivity index (χ2v) is 2.45. The molecule has 0 aliphatic heterocycles. The Morgan fingerprint density at radius 3 is 2.60 bits per heavy atom. The average molecular weight is 215 g/mol. The number of nitrogens with zero attached hydrogens (tertiary/aromatic N) is 1. The molecule has 0 N–H and O–H groups in total. The minimum absolute atomic E-state index is 0.199. The molecular weight excluding hydrogens is 211 g/mol. The van der Waals surface area contributed by atoms with Crippen LogP contribution in [0, 0.1) is 17.1 Å². The molecular formula is C9H4F3NO2. The van der Waals surface area contributed by atoms with Crippen LogP contribution in [0.4, 0.5) is 13.2 Å². The summed E-state index contributed by atoms with van der Waals surface area (Å²) in [5, 5.41) is 8.57. The summed E-state index contributed by atoms with van der Waals surface area (Å²) in [6.07, 6.45) is 0.260. The van der Waals surface area contributed by atoms with Gasteiger partial charge < -0.3 is 4.74 Å². The van der Waals surface area contributed by atoms with Crippen LogP contribution in [0.3, 0.4) is 0 Å². The molecule has 0 unspecified atom stereocenters. The molecule has 0 saturated carbocycles. The lowest BCUT2D eigenvalue weighted by Crippen LogP contribution is -2.07. The van der Waals surface area contributed by atoms with E-state index in [1.54, 1.807) is 0 Å². The third-order valence-electron chi connectivity index (χ3n) is 1.59. The van der Waals surface area contributed by atoms with Gasteiger partial charge in [-0.25, -0.2) is 4.39 Å². The Balaban J connectivity index is 3.33. The van der Waals surface area contributed by atoms with Gasteiger partial charge in [-0.3, -0.25) is 4.79 Å². The number of alkyl halides is 2. The van der Waals surface area contributed by atoms with Crippen LogP contribution in [-0.2, 0) is 0 Å². The van der Waals surface area contributed by atoms with E-state index < -0.39 is 23.7 Å². The monoisotopic (exact) mass is 215 g/mol. The number of hydrogen-bond donors (Lipinski definition) is 0. The molecule has 0 aromatic heterocycles. The van der Waals surface area contributed by atoms with E-state index in [9.17, 15) is 18.0 Å². The van der Waals surface area contributed by atoms with Crippen molar-refractivity contribution < 1.29 is 22.7 Å². The zero-order chi connectivity index (χ0) is 11.4. The first-order valence-electron chi connectivity index (χ1n) is 3.72. The lowest BCUT2D eigenvalue weighted by Gasteiger charge is -2.08. The van der Waals surface area contributed by atoms with Crippen molar-refractivity contribution in [3.05, 3.63) is 29.1 Å². The van der Waals surface area contributed by atoms with E-state index in [0.717, 1.165) is 12.1 Å². The normalized spacial score (nSPS) is 9.80. The number of aldehydes is 1. The van der Waals surface area contributed by atoms with Crippen molar-refractivity contribution in [1.29, 1.82) is 5.26 Å². The lowest BCUT2D eigenvalue weighted by molar-refractivity contribution is -0.0524. The highest BCUT2D eigenvalue weighted by atomic mass is 19.3. The Bertz CT molecular complexity index is 426. The second kappa shape index (κ2) is 4.46. The fourth-order valence-corrected chi connectivity index (χ4v) is 0.990. The predicted molar refractivity (Wildman–Crippen MR) is 43.1 cm³/mol. The highest BCUT2D eigenvalue weighted by Gasteiger charge is 2.17. The molecule has 15 heavy (non-hydrogen) atoms. The number of benzene rings is 1. The zero-order valence-corrected chi connectivity index (χ0v) is 7.21. The molecule has 0 aliphatic rings. The molecule has 0 atom stereocenters. The SMILES string of the molecule is N#Cc1c(C=O)ccc(F)c1OC(F)F. The Labute approximate surface area is 82.7 Å². The lowest BCUT2D eigenvalue weighted by atomic mass is 10.1. The van der Waals surface area contributed by atoms with E-state index in [-0.39, 0.29) is 11.8 Å². The molecule has 3 nitrogen and oxygen atoms in total. The van der Waals surface area contributed by atoms with E-state index in [0.29, 0.717) is 0 Å². The number of halogens is 3. The van der Waals surface area contributed by atoms with Crippen LogP contribution >= 0.6 is 0 Å². The van der Waals surface area contributed by atoms with Crippen LogP contribution in [0.1, 0.15) is 15.9 Å². The standard InChI is InChI=1S/C9H4F3NO2/c10-7-2-1-5(4-14)6(3-13)8(7)15-9(11)12/h1-2,4,9H. The molecule has 0 bridgehead atoms. The van der Waals surface area contributed by atoms with Crippen molar-refractivity contribution in [2.24, 2.45) is 0 Å². The Hall–Kier alpha value is -2.03. The highest BCUT2D eigenvalue weighted by Crippen LogP contribution is 2.26. The van der Waals surface area contributed by atoms with Gasteiger partial charge in [0, 0.05) is 5.56 Å². The summed E-state index contributed by atoms with van der Waals surface area (Å²) in [5.74, 6) is -2.02. The summed E-state index contributed by atoms with van der Waals surface area (Å²) in [5.41, 5.74) is -0.736. The van der Waals surface area contributed by atoms with Crippen molar-refractivity contribution in [2.45, 2.75) is 6.61 Å². The minimum atomic E-state index is -3.26. The second-order valence-electron chi connectivity index (χ2n) is 2.45. The average Bonchev–Trinajstić information content (AvgIpc) is 2.20. The minimum Gasteiger partial charge on any atom is -0.430 e. The molecule has 0 spiro atoms. The molecule has 1 rings (SSSR count). The van der Waals surface area contributed by atoms with Gasteiger partial charge in [-0.15, -0.1) is 0 Å². The molecule has 0 aliphatic carbocycles. The fraction of sp³-hybridized carbons (Fsp3) is 0.111. The van der Waals surface area contributed by atoms with Gasteiger partial charge in [0.2, 0.25) is 0 Å². The topological polar surface area (TPSA) is 50.1 Å². The third kappa shape index (κ3) is 2.26. The maximum absolute atomic E-state index is 13.0. The van der Waals surface area contributed by atoms with Crippen LogP contribution in [0.15, 0.2) is 12.1 Å². The summed E-state index contributed by atoms with van der Waals surface area (Å²) in [7, 11) is 0. The van der Waals surface area contributed by atoms with Gasteiger partial charge in [0.25, 0.3) is 0 Å². The first-order valence-corrected chi connectivity index (χ1v) is 3.72. The third-order valence-corrected chi connectivity index (χ3v) is 1.59. The largest absolute Gasteiger partial charge is 0.430 e. The number of rotatable bonds is 3. The summed E-state index contributed by atoms with van der Waals surface area (Å²) in [6.45, 7) is -3.26. The maximum atomic E-state index is 13.0. The smallest absolute Gasteiger partial charge is 0.387 e. The fourth-order valence-electron chi connectivity index (χ4n) is 0.990. The number of carbonyl (C=O) groups excluding carboxylic acids is 1. The molecule has 78 valence electrons. The van der Waals surface area contributed by atoms with Gasteiger partial charge >= 0.3 is 6.61 Å². The Morgan fingerprint density at radius 1 is 1.47 bits per heavy atom. The van der Waals surface area contributed by atoms with Gasteiger partial charge in [-0.1, -0.05) is 0 Å². The van der Waals surface area contributed by atoms with Crippen LogP contribution in [0.2, 0.25) is 0 Å². The Kier molecular flexibility index (Phi) is 3.29. The van der Waals surface area contributed by atoms with E-state index in [1.165, 1.54) is 6.07 Å². The van der Waals surface area contributed by atoms with E-state index in [1.807, 2.05) is 0 Å². The quantitative estimate of drug-likeness (QED) is 0.725. The first kappa shape index (κ1) is 11.0. The van der Waals surface area contributed by atoms with Crippen molar-refractivity contribution in [2.75, 3.05) is 0 Å². The van der Waals surface area contributed by atoms with Crippen molar-refractivity contribution in [3.63, 3.8) is 0 Å². The van der Waals surface area contributed by atoms with E-state index >= 15 is 0 Å². The number of hydrogen-bond acceptors (Lipinski definition) is 3. The van der Waals surface area contributed by atoms with Crippen LogP contribution in [-0.4, -0.2) is 12.9 Å². The summed E-state index contributed by atoms with van der Waals surface area (Å²) >= 11 is 0. The molecule has 6 heteroatoms. The van der Waals surface area contributed by atoms with Crippen molar-refractivity contribution >= 4 is 6.29 Å². The summed E-state index contributed by atoms with van der Waals surface area (Å²) in [6, 6.07) is 3.22. The molecule has 1 aromatic rings. The van der Waals surface area contributed by atoms with Gasteiger partial charge in [-0.2, -0.15) is 14.0 Å². The summed E-state index contributed by atoms with van der Waals surface area (Å²) in [4.78, 5) is 10.4. The molecule has 0 radical (unpaired) electrons. The van der Waals surface area contributed by atoms with Crippen molar-refractivity contribution in [3.8, 4) is 11.8 Å². The molecule has 0 amide bonds. The zero-order valence-electron chi connectivity index (χ0n) is 7.21. The van der Waals surface area contributed by atoms with Crippen molar-refractivity contribution in [1.82, 2.24) is 0 Å². The number of carbonyl (C=O) groups is 1. The molecule has 1 aromatic carbocycles. The van der Waals surface area contributed by atoms with Gasteiger partial charge in [0.05, 0.1) is 0 Å². The first-order chi connectivity index (χ1) is 7.10. The number of ether oxygens (including phenoxy) is 1. The van der Waals surface area contributed by atoms with E-state index in [2.05, 4.69) is 4.74 Å². The van der Waals surface area contributed by atoms with Crippen LogP contribution in [0.25, 0.3) is 0 Å². The van der Waals surface area contributed by atoms with Crippen LogP contribution in [0.5, 0.6) is 5.75 Å². The van der Waals surface area contributed by atoms with E-state index in [4.69, 9.17) is 5.26 Å². The molecule has 0 heterocycles. The number of nitriles is 1. The maximum Gasteiger partial charge on any atom is 0.387 e. The molecule has 0 saturated heterocycles. The Morgan fingerprint density at radius 2 is 2.13 bits per heavy atom. The van der Waals surface area contributed by atoms with Gasteiger partial charge in [-0.05, 0) is 12.1 Å². The predicted octanol–water partition coefficient (Wildman–Crippen LogP) is 2.11. The molecule has 0 fully saturated rings. The summed E-state index contributed by atoms with van der Waals surface area (Å²) < 4.78 is 40.5.